The lowest BCUT2D eigenvalue weighted by atomic mass is 10.2. The van der Waals surface area contributed by atoms with Gasteiger partial charge in [0.05, 0.1) is 11.4 Å². The average Bonchev–Trinajstić information content (AvgIpc) is 2.58. The van der Waals surface area contributed by atoms with Gasteiger partial charge in [-0.2, -0.15) is 0 Å². The Morgan fingerprint density at radius 1 is 0.742 bits per heavy atom. The predicted molar refractivity (Wildman–Crippen MR) is 117 cm³/mol. The third-order valence-corrected chi connectivity index (χ3v) is 3.29. The molecule has 1 aromatic rings. The van der Waals surface area contributed by atoms with E-state index in [1.165, 1.54) is 0 Å². The highest BCUT2D eigenvalue weighted by molar-refractivity contribution is 6.00. The number of carbonyl (C=O) groups excluding carboxylic acids is 4. The standard InChI is InChI=1S/C21H32N4O6/c1-20(2,3)30-18(28)22-12-11-16(26)24-14-9-7-8-10-15(14)25-17(27)13-23-19(29)31-21(4,5)6/h7-10H,11-13H2,1-6H3,(H,22,28)(H,23,29)(H,24,26)(H,25,27). The van der Waals surface area contributed by atoms with Crippen molar-refractivity contribution in [2.45, 2.75) is 59.2 Å². The molecule has 172 valence electrons. The first-order valence-corrected chi connectivity index (χ1v) is 9.87. The molecular formula is C21H32N4O6. The molecule has 0 atom stereocenters. The summed E-state index contributed by atoms with van der Waals surface area (Å²) in [5.74, 6) is -0.844. The maximum atomic E-state index is 12.2. The zero-order valence-electron chi connectivity index (χ0n) is 18.9. The van der Waals surface area contributed by atoms with E-state index in [1.54, 1.807) is 65.8 Å². The van der Waals surface area contributed by atoms with E-state index >= 15 is 0 Å². The van der Waals surface area contributed by atoms with Gasteiger partial charge in [-0.3, -0.25) is 9.59 Å². The molecule has 1 aromatic carbocycles. The van der Waals surface area contributed by atoms with Gasteiger partial charge in [0, 0.05) is 13.0 Å². The van der Waals surface area contributed by atoms with Crippen LogP contribution in [0.15, 0.2) is 24.3 Å². The van der Waals surface area contributed by atoms with E-state index in [2.05, 4.69) is 21.3 Å². The quantitative estimate of drug-likeness (QED) is 0.519. The maximum Gasteiger partial charge on any atom is 0.408 e. The first kappa shape index (κ1) is 25.7. The molecule has 10 heteroatoms. The summed E-state index contributed by atoms with van der Waals surface area (Å²) in [7, 11) is 0. The highest BCUT2D eigenvalue weighted by atomic mass is 16.6. The van der Waals surface area contributed by atoms with Gasteiger partial charge >= 0.3 is 12.2 Å². The summed E-state index contributed by atoms with van der Waals surface area (Å²) in [6.45, 7) is 10.2. The van der Waals surface area contributed by atoms with Crippen LogP contribution in [0.2, 0.25) is 0 Å². The molecule has 4 N–H and O–H groups in total. The van der Waals surface area contributed by atoms with Crippen molar-refractivity contribution in [3.8, 4) is 0 Å². The van der Waals surface area contributed by atoms with E-state index in [0.29, 0.717) is 11.4 Å². The predicted octanol–water partition coefficient (Wildman–Crippen LogP) is 3.00. The number of anilines is 2. The Labute approximate surface area is 182 Å². The summed E-state index contributed by atoms with van der Waals surface area (Å²) in [6.07, 6.45) is -1.30. The molecule has 0 saturated carbocycles. The molecule has 31 heavy (non-hydrogen) atoms. The first-order valence-electron chi connectivity index (χ1n) is 9.87. The average molecular weight is 437 g/mol. The fourth-order valence-electron chi connectivity index (χ4n) is 2.17. The van der Waals surface area contributed by atoms with Crippen molar-refractivity contribution in [3.05, 3.63) is 24.3 Å². The van der Waals surface area contributed by atoms with Crippen LogP contribution in [0.1, 0.15) is 48.0 Å². The van der Waals surface area contributed by atoms with Gasteiger partial charge in [-0.15, -0.1) is 0 Å². The molecule has 4 amide bonds. The summed E-state index contributed by atoms with van der Waals surface area (Å²) >= 11 is 0. The molecular weight excluding hydrogens is 404 g/mol. The third kappa shape index (κ3) is 12.1. The summed E-state index contributed by atoms with van der Waals surface area (Å²) < 4.78 is 10.2. The largest absolute Gasteiger partial charge is 0.444 e. The van der Waals surface area contributed by atoms with Crippen molar-refractivity contribution in [2.24, 2.45) is 0 Å². The van der Waals surface area contributed by atoms with Crippen LogP contribution >= 0.6 is 0 Å². The van der Waals surface area contributed by atoms with Crippen molar-refractivity contribution < 1.29 is 28.7 Å². The number of amides is 4. The summed E-state index contributed by atoms with van der Waals surface area (Å²) in [4.78, 5) is 47.6. The number of para-hydroxylation sites is 2. The van der Waals surface area contributed by atoms with Crippen LogP contribution in [0, 0.1) is 0 Å². The Hall–Kier alpha value is -3.30. The number of carbonyl (C=O) groups is 4. The Morgan fingerprint density at radius 2 is 1.19 bits per heavy atom. The second-order valence-electron chi connectivity index (χ2n) is 8.68. The first-order chi connectivity index (χ1) is 14.2. The molecule has 0 aromatic heterocycles. The Balaban J connectivity index is 2.52. The molecule has 10 nitrogen and oxygen atoms in total. The van der Waals surface area contributed by atoms with Crippen molar-refractivity contribution in [3.63, 3.8) is 0 Å². The molecule has 0 radical (unpaired) electrons. The highest BCUT2D eigenvalue weighted by Crippen LogP contribution is 2.21. The number of ether oxygens (including phenoxy) is 2. The minimum atomic E-state index is -0.707. The highest BCUT2D eigenvalue weighted by Gasteiger charge is 2.18. The van der Waals surface area contributed by atoms with Crippen LogP contribution in [0.4, 0.5) is 21.0 Å². The molecule has 0 fully saturated rings. The van der Waals surface area contributed by atoms with Gasteiger partial charge < -0.3 is 30.7 Å². The number of hydrogen-bond acceptors (Lipinski definition) is 6. The fourth-order valence-corrected chi connectivity index (χ4v) is 2.17. The van der Waals surface area contributed by atoms with Crippen molar-refractivity contribution >= 4 is 35.4 Å². The van der Waals surface area contributed by atoms with E-state index in [9.17, 15) is 19.2 Å². The van der Waals surface area contributed by atoms with Gasteiger partial charge in [0.15, 0.2) is 0 Å². The summed E-state index contributed by atoms with van der Waals surface area (Å²) in [5.41, 5.74) is -0.542. The molecule has 0 bridgehead atoms. The van der Waals surface area contributed by atoms with E-state index < -0.39 is 29.3 Å². The van der Waals surface area contributed by atoms with E-state index in [0.717, 1.165) is 0 Å². The van der Waals surface area contributed by atoms with E-state index in [-0.39, 0.29) is 25.4 Å². The Morgan fingerprint density at radius 3 is 1.68 bits per heavy atom. The smallest absolute Gasteiger partial charge is 0.408 e. The number of nitrogens with one attached hydrogen (secondary N) is 4. The van der Waals surface area contributed by atoms with Crippen molar-refractivity contribution in [1.82, 2.24) is 10.6 Å². The van der Waals surface area contributed by atoms with Gasteiger partial charge in [0.2, 0.25) is 11.8 Å². The molecule has 0 unspecified atom stereocenters. The van der Waals surface area contributed by atoms with Gasteiger partial charge in [-0.25, -0.2) is 9.59 Å². The lowest BCUT2D eigenvalue weighted by Gasteiger charge is -2.19. The number of alkyl carbamates (subject to hydrolysis) is 2. The number of benzene rings is 1. The minimum Gasteiger partial charge on any atom is -0.444 e. The zero-order valence-corrected chi connectivity index (χ0v) is 18.9. The Bertz CT molecular complexity index is 796. The minimum absolute atomic E-state index is 0.0156. The topological polar surface area (TPSA) is 135 Å². The second-order valence-corrected chi connectivity index (χ2v) is 8.68. The molecule has 0 aliphatic rings. The normalized spacial score (nSPS) is 11.2. The fraction of sp³-hybridized carbons (Fsp3) is 0.524. The van der Waals surface area contributed by atoms with E-state index in [4.69, 9.17) is 9.47 Å². The zero-order chi connectivity index (χ0) is 23.7. The van der Waals surface area contributed by atoms with Crippen molar-refractivity contribution in [2.75, 3.05) is 23.7 Å². The number of hydrogen-bond donors (Lipinski definition) is 4. The molecule has 0 heterocycles. The van der Waals surface area contributed by atoms with Gasteiger partial charge in [0.25, 0.3) is 0 Å². The summed E-state index contributed by atoms with van der Waals surface area (Å²) in [5, 5.41) is 10.2. The molecule has 0 aliphatic heterocycles. The van der Waals surface area contributed by atoms with Crippen LogP contribution in [0.5, 0.6) is 0 Å². The molecule has 0 saturated heterocycles. The summed E-state index contributed by atoms with van der Waals surface area (Å²) in [6, 6.07) is 6.62. The van der Waals surface area contributed by atoms with Gasteiger partial charge in [0.1, 0.15) is 17.7 Å². The molecule has 1 rings (SSSR count). The second kappa shape index (κ2) is 11.2. The van der Waals surface area contributed by atoms with Gasteiger partial charge in [-0.1, -0.05) is 12.1 Å². The molecule has 0 spiro atoms. The van der Waals surface area contributed by atoms with Crippen LogP contribution < -0.4 is 21.3 Å². The maximum absolute atomic E-state index is 12.2. The monoisotopic (exact) mass is 436 g/mol. The lowest BCUT2D eigenvalue weighted by Crippen LogP contribution is -2.37. The van der Waals surface area contributed by atoms with Crippen LogP contribution in [0.25, 0.3) is 0 Å². The SMILES string of the molecule is CC(C)(C)OC(=O)NCCC(=O)Nc1ccccc1NC(=O)CNC(=O)OC(C)(C)C. The van der Waals surface area contributed by atoms with Gasteiger partial charge in [-0.05, 0) is 53.7 Å². The molecule has 0 aliphatic carbocycles. The third-order valence-electron chi connectivity index (χ3n) is 3.29. The van der Waals surface area contributed by atoms with Crippen LogP contribution in [0.3, 0.4) is 0 Å². The Kier molecular flexibility index (Phi) is 9.29. The van der Waals surface area contributed by atoms with E-state index in [1.807, 2.05) is 0 Å². The van der Waals surface area contributed by atoms with Crippen LogP contribution in [-0.2, 0) is 19.1 Å². The van der Waals surface area contributed by atoms with Crippen molar-refractivity contribution in [1.29, 1.82) is 0 Å². The van der Waals surface area contributed by atoms with Crippen LogP contribution in [-0.4, -0.2) is 48.3 Å². The lowest BCUT2D eigenvalue weighted by molar-refractivity contribution is -0.116. The number of rotatable bonds is 7.